The smallest absolute Gasteiger partial charge is 0.324 e. The van der Waals surface area contributed by atoms with Gasteiger partial charge in [0.05, 0.1) is 16.9 Å². The van der Waals surface area contributed by atoms with Crippen molar-refractivity contribution in [2.75, 3.05) is 5.32 Å². The minimum atomic E-state index is -0.645. The maximum atomic E-state index is 13.1. The summed E-state index contributed by atoms with van der Waals surface area (Å²) >= 11 is 5.65. The van der Waals surface area contributed by atoms with Gasteiger partial charge in [-0.25, -0.2) is 13.9 Å². The fourth-order valence-electron chi connectivity index (χ4n) is 2.13. The molecular weight excluding hydrogens is 347 g/mol. The SMILES string of the molecule is O=C(Cn1ncc(-c2ccccc2)nc1=O)Nc1ccc(F)c(Cl)c1. The van der Waals surface area contributed by atoms with E-state index in [-0.39, 0.29) is 11.6 Å². The molecule has 1 amide bonds. The molecule has 0 saturated heterocycles. The summed E-state index contributed by atoms with van der Waals surface area (Å²) in [5, 5.41) is 6.37. The summed E-state index contributed by atoms with van der Waals surface area (Å²) in [6.07, 6.45) is 1.42. The Hall–Kier alpha value is -3.06. The Balaban J connectivity index is 1.73. The van der Waals surface area contributed by atoms with Crippen LogP contribution in [0.15, 0.2) is 59.5 Å². The van der Waals surface area contributed by atoms with E-state index >= 15 is 0 Å². The van der Waals surface area contributed by atoms with Crippen LogP contribution in [0.4, 0.5) is 10.1 Å². The van der Waals surface area contributed by atoms with E-state index in [9.17, 15) is 14.0 Å². The molecule has 0 unspecified atom stereocenters. The number of carbonyl (C=O) groups is 1. The monoisotopic (exact) mass is 358 g/mol. The molecule has 0 aliphatic carbocycles. The van der Waals surface area contributed by atoms with Crippen LogP contribution in [0.1, 0.15) is 0 Å². The van der Waals surface area contributed by atoms with E-state index in [4.69, 9.17) is 11.6 Å². The van der Waals surface area contributed by atoms with E-state index in [2.05, 4.69) is 15.4 Å². The van der Waals surface area contributed by atoms with Gasteiger partial charge >= 0.3 is 5.69 Å². The van der Waals surface area contributed by atoms with Crippen molar-refractivity contribution in [1.29, 1.82) is 0 Å². The molecule has 25 heavy (non-hydrogen) atoms. The second-order valence-corrected chi connectivity index (χ2v) is 5.53. The number of hydrogen-bond donors (Lipinski definition) is 1. The van der Waals surface area contributed by atoms with Gasteiger partial charge in [-0.2, -0.15) is 10.1 Å². The third-order valence-corrected chi connectivity index (χ3v) is 3.61. The first-order valence-electron chi connectivity index (χ1n) is 7.27. The largest absolute Gasteiger partial charge is 0.365 e. The molecule has 1 N–H and O–H groups in total. The number of aromatic nitrogens is 3. The highest BCUT2D eigenvalue weighted by atomic mass is 35.5. The van der Waals surface area contributed by atoms with Crippen molar-refractivity contribution in [3.05, 3.63) is 76.1 Å². The number of nitrogens with one attached hydrogen (secondary N) is 1. The minimum Gasteiger partial charge on any atom is -0.324 e. The Labute approximate surface area is 146 Å². The third-order valence-electron chi connectivity index (χ3n) is 3.32. The van der Waals surface area contributed by atoms with E-state index in [0.29, 0.717) is 11.4 Å². The van der Waals surface area contributed by atoms with Crippen LogP contribution in [0.5, 0.6) is 0 Å². The summed E-state index contributed by atoms with van der Waals surface area (Å²) in [6.45, 7) is -0.324. The van der Waals surface area contributed by atoms with Gasteiger partial charge in [-0.1, -0.05) is 41.9 Å². The molecule has 3 aromatic rings. The van der Waals surface area contributed by atoms with E-state index < -0.39 is 17.4 Å². The molecule has 0 aliphatic heterocycles. The van der Waals surface area contributed by atoms with E-state index in [0.717, 1.165) is 16.3 Å². The van der Waals surface area contributed by atoms with Crippen molar-refractivity contribution in [3.63, 3.8) is 0 Å². The highest BCUT2D eigenvalue weighted by Gasteiger charge is 2.10. The van der Waals surface area contributed by atoms with Crippen LogP contribution in [0, 0.1) is 5.82 Å². The molecule has 0 bridgehead atoms. The molecule has 6 nitrogen and oxygen atoms in total. The highest BCUT2D eigenvalue weighted by Crippen LogP contribution is 2.19. The number of rotatable bonds is 4. The lowest BCUT2D eigenvalue weighted by molar-refractivity contribution is -0.117. The van der Waals surface area contributed by atoms with Crippen LogP contribution in [-0.2, 0) is 11.3 Å². The van der Waals surface area contributed by atoms with E-state index in [1.807, 2.05) is 18.2 Å². The van der Waals surface area contributed by atoms with Gasteiger partial charge in [0.15, 0.2) is 0 Å². The number of anilines is 1. The van der Waals surface area contributed by atoms with Gasteiger partial charge in [-0.3, -0.25) is 4.79 Å². The summed E-state index contributed by atoms with van der Waals surface area (Å²) < 4.78 is 14.0. The summed E-state index contributed by atoms with van der Waals surface area (Å²) in [7, 11) is 0. The molecule has 0 saturated carbocycles. The first-order valence-corrected chi connectivity index (χ1v) is 7.65. The van der Waals surface area contributed by atoms with Gasteiger partial charge in [0.1, 0.15) is 12.4 Å². The molecule has 2 aromatic carbocycles. The Morgan fingerprint density at radius 3 is 2.64 bits per heavy atom. The van der Waals surface area contributed by atoms with Gasteiger partial charge in [0.25, 0.3) is 0 Å². The Morgan fingerprint density at radius 1 is 1.20 bits per heavy atom. The maximum absolute atomic E-state index is 13.1. The van der Waals surface area contributed by atoms with Gasteiger partial charge in [-0.15, -0.1) is 0 Å². The lowest BCUT2D eigenvalue weighted by Crippen LogP contribution is -2.31. The Morgan fingerprint density at radius 2 is 1.96 bits per heavy atom. The van der Waals surface area contributed by atoms with Gasteiger partial charge in [0.2, 0.25) is 5.91 Å². The number of hydrogen-bond acceptors (Lipinski definition) is 4. The summed E-state index contributed by atoms with van der Waals surface area (Å²) in [5.74, 6) is -1.09. The summed E-state index contributed by atoms with van der Waals surface area (Å²) in [5.41, 5.74) is 0.851. The van der Waals surface area contributed by atoms with Crippen LogP contribution in [-0.4, -0.2) is 20.7 Å². The first kappa shape index (κ1) is 16.8. The fourth-order valence-corrected chi connectivity index (χ4v) is 2.31. The Kier molecular flexibility index (Phi) is 4.85. The van der Waals surface area contributed by atoms with E-state index in [1.54, 1.807) is 12.1 Å². The van der Waals surface area contributed by atoms with Crippen LogP contribution in [0.25, 0.3) is 11.3 Å². The van der Waals surface area contributed by atoms with Gasteiger partial charge < -0.3 is 5.32 Å². The molecule has 1 aromatic heterocycles. The van der Waals surface area contributed by atoms with Crippen molar-refractivity contribution in [2.24, 2.45) is 0 Å². The molecule has 0 spiro atoms. The van der Waals surface area contributed by atoms with Gasteiger partial charge in [0, 0.05) is 11.3 Å². The summed E-state index contributed by atoms with van der Waals surface area (Å²) in [6, 6.07) is 12.9. The van der Waals surface area contributed by atoms with Crippen LogP contribution in [0.3, 0.4) is 0 Å². The van der Waals surface area contributed by atoms with Crippen molar-refractivity contribution < 1.29 is 9.18 Å². The minimum absolute atomic E-state index is 0.109. The molecule has 0 fully saturated rings. The molecule has 0 radical (unpaired) electrons. The zero-order valence-electron chi connectivity index (χ0n) is 12.8. The molecule has 0 atom stereocenters. The average Bonchev–Trinajstić information content (AvgIpc) is 2.61. The number of amides is 1. The predicted molar refractivity (Wildman–Crippen MR) is 91.8 cm³/mol. The average molecular weight is 359 g/mol. The second-order valence-electron chi connectivity index (χ2n) is 5.12. The van der Waals surface area contributed by atoms with Crippen molar-refractivity contribution >= 4 is 23.2 Å². The van der Waals surface area contributed by atoms with Crippen molar-refractivity contribution in [1.82, 2.24) is 14.8 Å². The maximum Gasteiger partial charge on any atom is 0.365 e. The molecular formula is C17H12ClFN4O2. The lowest BCUT2D eigenvalue weighted by Gasteiger charge is -2.07. The molecule has 126 valence electrons. The zero-order valence-corrected chi connectivity index (χ0v) is 13.6. The number of nitrogens with zero attached hydrogens (tertiary/aromatic N) is 3. The van der Waals surface area contributed by atoms with Crippen LogP contribution in [0.2, 0.25) is 5.02 Å². The normalized spacial score (nSPS) is 10.5. The van der Waals surface area contributed by atoms with Crippen LogP contribution >= 0.6 is 11.6 Å². The molecule has 3 rings (SSSR count). The zero-order chi connectivity index (χ0) is 17.8. The van der Waals surface area contributed by atoms with Crippen molar-refractivity contribution in [2.45, 2.75) is 6.54 Å². The quantitative estimate of drug-likeness (QED) is 0.778. The number of benzene rings is 2. The molecule has 8 heteroatoms. The fraction of sp³-hybridized carbons (Fsp3) is 0.0588. The second kappa shape index (κ2) is 7.23. The Bertz CT molecular complexity index is 976. The van der Waals surface area contributed by atoms with E-state index in [1.165, 1.54) is 18.3 Å². The van der Waals surface area contributed by atoms with Gasteiger partial charge in [-0.05, 0) is 18.2 Å². The number of halogens is 2. The molecule has 0 aliphatic rings. The lowest BCUT2D eigenvalue weighted by atomic mass is 10.2. The number of carbonyl (C=O) groups excluding carboxylic acids is 1. The summed E-state index contributed by atoms with van der Waals surface area (Å²) in [4.78, 5) is 28.0. The van der Waals surface area contributed by atoms with Crippen LogP contribution < -0.4 is 11.0 Å². The topological polar surface area (TPSA) is 76.9 Å². The first-order chi connectivity index (χ1) is 12.0. The van der Waals surface area contributed by atoms with Crippen molar-refractivity contribution in [3.8, 4) is 11.3 Å². The predicted octanol–water partition coefficient (Wildman–Crippen LogP) is 2.74. The molecule has 1 heterocycles. The third kappa shape index (κ3) is 4.07. The standard InChI is InChI=1S/C17H12ClFN4O2/c18-13-8-12(6-7-14(13)19)21-16(24)10-23-17(25)22-15(9-20-23)11-4-2-1-3-5-11/h1-9H,10H2,(H,21,24). The highest BCUT2D eigenvalue weighted by molar-refractivity contribution is 6.31.